The van der Waals surface area contributed by atoms with Crippen molar-refractivity contribution in [2.75, 3.05) is 12.8 Å². The number of aliphatic carboxylic acids is 1. The van der Waals surface area contributed by atoms with E-state index >= 15 is 0 Å². The van der Waals surface area contributed by atoms with Crippen molar-refractivity contribution in [1.29, 1.82) is 0 Å². The lowest BCUT2D eigenvalue weighted by Crippen LogP contribution is -2.43. The number of fused-ring (bicyclic) bond motifs is 3. The molecule has 1 aliphatic carbocycles. The second-order valence-electron chi connectivity index (χ2n) is 11.8. The van der Waals surface area contributed by atoms with Gasteiger partial charge in [-0.15, -0.1) is 0 Å². The molecule has 1 heterocycles. The summed E-state index contributed by atoms with van der Waals surface area (Å²) in [5, 5.41) is 9.99. The van der Waals surface area contributed by atoms with Gasteiger partial charge in [0.05, 0.1) is 5.92 Å². The minimum atomic E-state index is -4.15. The van der Waals surface area contributed by atoms with Gasteiger partial charge in [0.15, 0.2) is 0 Å². The molecule has 226 valence electrons. The number of carboxylic acids is 1. The molecule has 1 amide bonds. The lowest BCUT2D eigenvalue weighted by atomic mass is 9.98. The summed E-state index contributed by atoms with van der Waals surface area (Å²) in [6.45, 7) is 0.0929. The van der Waals surface area contributed by atoms with E-state index in [1.165, 1.54) is 4.90 Å². The van der Waals surface area contributed by atoms with Gasteiger partial charge in [-0.3, -0.25) is 14.3 Å². The van der Waals surface area contributed by atoms with Crippen molar-refractivity contribution in [2.24, 2.45) is 5.92 Å². The molecule has 6 rings (SSSR count). The summed E-state index contributed by atoms with van der Waals surface area (Å²) in [6.07, 6.45) is 0.393. The molecule has 3 unspecified atom stereocenters. The Balaban J connectivity index is 1.25. The van der Waals surface area contributed by atoms with Crippen molar-refractivity contribution < 1.29 is 28.9 Å². The van der Waals surface area contributed by atoms with E-state index in [9.17, 15) is 24.2 Å². The van der Waals surface area contributed by atoms with Crippen LogP contribution in [0.1, 0.15) is 41.0 Å². The summed E-state index contributed by atoms with van der Waals surface area (Å²) in [5.74, 6) is -3.37. The highest BCUT2D eigenvalue weighted by Crippen LogP contribution is 2.55. The molecular formula is C36H36NO6P. The maximum absolute atomic E-state index is 14.1. The number of carbonyl (C=O) groups excluding carboxylic acids is 1. The fourth-order valence-corrected chi connectivity index (χ4v) is 9.24. The Morgan fingerprint density at radius 2 is 1.34 bits per heavy atom. The van der Waals surface area contributed by atoms with Crippen LogP contribution in [0.25, 0.3) is 11.1 Å². The molecule has 2 aliphatic rings. The minimum Gasteiger partial charge on any atom is -0.481 e. The van der Waals surface area contributed by atoms with Gasteiger partial charge >= 0.3 is 12.1 Å². The van der Waals surface area contributed by atoms with Gasteiger partial charge in [0, 0.05) is 18.1 Å². The maximum Gasteiger partial charge on any atom is 0.410 e. The van der Waals surface area contributed by atoms with Crippen molar-refractivity contribution in [3.63, 3.8) is 0 Å². The second kappa shape index (κ2) is 12.8. The van der Waals surface area contributed by atoms with E-state index in [1.807, 2.05) is 97.1 Å². The van der Waals surface area contributed by atoms with E-state index in [0.717, 1.165) is 33.4 Å². The quantitative estimate of drug-likeness (QED) is 0.185. The third-order valence-corrected chi connectivity index (χ3v) is 11.4. The van der Waals surface area contributed by atoms with Crippen LogP contribution in [0.5, 0.6) is 0 Å². The lowest BCUT2D eigenvalue weighted by molar-refractivity contribution is -0.141. The molecular weight excluding hydrogens is 573 g/mol. The predicted molar refractivity (Wildman–Crippen MR) is 170 cm³/mol. The Morgan fingerprint density at radius 3 is 1.93 bits per heavy atom. The van der Waals surface area contributed by atoms with Crippen LogP contribution in [0.3, 0.4) is 0 Å². The first-order chi connectivity index (χ1) is 21.3. The number of hydrogen-bond donors (Lipinski definition) is 2. The number of amides is 1. The largest absolute Gasteiger partial charge is 0.481 e. The van der Waals surface area contributed by atoms with Crippen LogP contribution in [0.15, 0.2) is 109 Å². The standard InChI is InChI=1S/C36H36NO6P/c38-35(39)27(21-25-11-3-1-4-12-25)24-44(41,42)34-20-19-28(22-26-13-5-2-6-14-26)37(34)36(40)43-23-33-31-17-9-7-15-29(31)30-16-8-10-18-32(30)33/h1-18,27-28,33-34H,19-24H2,(H,38,39)(H,41,42)/t27?,28-,34?/m0/s1. The van der Waals surface area contributed by atoms with Crippen molar-refractivity contribution in [2.45, 2.75) is 43.4 Å². The fraction of sp³-hybridized carbons (Fsp3) is 0.278. The van der Waals surface area contributed by atoms with Gasteiger partial charge in [0.1, 0.15) is 12.4 Å². The maximum atomic E-state index is 14.1. The van der Waals surface area contributed by atoms with Gasteiger partial charge in [-0.1, -0.05) is 109 Å². The molecule has 7 nitrogen and oxygen atoms in total. The second-order valence-corrected chi connectivity index (χ2v) is 14.2. The molecule has 44 heavy (non-hydrogen) atoms. The number of carbonyl (C=O) groups is 2. The average molecular weight is 610 g/mol. The number of likely N-dealkylation sites (tertiary alicyclic amines) is 1. The summed E-state index contributed by atoms with van der Waals surface area (Å²) in [4.78, 5) is 39.1. The Bertz CT molecular complexity index is 1630. The van der Waals surface area contributed by atoms with Crippen LogP contribution in [0.4, 0.5) is 4.79 Å². The van der Waals surface area contributed by atoms with Gasteiger partial charge in [-0.05, 0) is 59.1 Å². The van der Waals surface area contributed by atoms with E-state index in [0.29, 0.717) is 19.3 Å². The highest BCUT2D eigenvalue weighted by molar-refractivity contribution is 7.58. The first-order valence-corrected chi connectivity index (χ1v) is 17.0. The molecule has 0 saturated carbocycles. The first kappa shape index (κ1) is 29.9. The van der Waals surface area contributed by atoms with Gasteiger partial charge in [0.2, 0.25) is 7.37 Å². The fourth-order valence-electron chi connectivity index (χ4n) is 6.85. The van der Waals surface area contributed by atoms with Crippen LogP contribution in [0, 0.1) is 5.92 Å². The van der Waals surface area contributed by atoms with E-state index in [2.05, 4.69) is 12.1 Å². The van der Waals surface area contributed by atoms with Crippen LogP contribution in [-0.4, -0.2) is 51.6 Å². The molecule has 4 atom stereocenters. The highest BCUT2D eigenvalue weighted by Gasteiger charge is 2.48. The van der Waals surface area contributed by atoms with E-state index < -0.39 is 37.3 Å². The third-order valence-electron chi connectivity index (χ3n) is 8.96. The van der Waals surface area contributed by atoms with Crippen molar-refractivity contribution in [3.05, 3.63) is 131 Å². The molecule has 4 aromatic rings. The molecule has 0 aromatic heterocycles. The zero-order chi connectivity index (χ0) is 30.7. The highest BCUT2D eigenvalue weighted by atomic mass is 31.2. The zero-order valence-electron chi connectivity index (χ0n) is 24.4. The summed E-state index contributed by atoms with van der Waals surface area (Å²) < 4.78 is 20.1. The minimum absolute atomic E-state index is 0.0929. The normalized spacial score (nSPS) is 19.5. The molecule has 8 heteroatoms. The SMILES string of the molecule is O=C(O)C(Cc1ccccc1)CP(=O)(O)C1CC[C@@H](Cc2ccccc2)N1C(=O)OCC1c2ccccc2-c2ccccc21. The van der Waals surface area contributed by atoms with Crippen molar-refractivity contribution in [1.82, 2.24) is 4.90 Å². The average Bonchev–Trinajstić information content (AvgIpc) is 3.60. The first-order valence-electron chi connectivity index (χ1n) is 15.1. The molecule has 1 saturated heterocycles. The summed E-state index contributed by atoms with van der Waals surface area (Å²) in [6, 6.07) is 34.6. The van der Waals surface area contributed by atoms with Crippen LogP contribution in [0.2, 0.25) is 0 Å². The number of benzene rings is 4. The summed E-state index contributed by atoms with van der Waals surface area (Å²) in [5.41, 5.74) is 6.18. The van der Waals surface area contributed by atoms with Gasteiger partial charge in [-0.25, -0.2) is 4.79 Å². The Labute approximate surface area is 257 Å². The Hall–Kier alpha value is -4.19. The van der Waals surface area contributed by atoms with Crippen LogP contribution < -0.4 is 0 Å². The van der Waals surface area contributed by atoms with Gasteiger partial charge < -0.3 is 14.7 Å². The summed E-state index contributed by atoms with van der Waals surface area (Å²) in [7, 11) is -4.15. The number of nitrogens with zero attached hydrogens (tertiary/aromatic N) is 1. The molecule has 4 aromatic carbocycles. The Morgan fingerprint density at radius 1 is 0.795 bits per heavy atom. The molecule has 1 fully saturated rings. The van der Waals surface area contributed by atoms with Crippen LogP contribution in [-0.2, 0) is 26.9 Å². The van der Waals surface area contributed by atoms with E-state index in [1.54, 1.807) is 0 Å². The lowest BCUT2D eigenvalue weighted by Gasteiger charge is -2.33. The molecule has 2 N–H and O–H groups in total. The van der Waals surface area contributed by atoms with E-state index in [4.69, 9.17) is 4.74 Å². The number of ether oxygens (including phenoxy) is 1. The van der Waals surface area contributed by atoms with E-state index in [-0.39, 0.29) is 25.0 Å². The number of rotatable bonds is 10. The molecule has 0 spiro atoms. The topological polar surface area (TPSA) is 104 Å². The molecule has 0 bridgehead atoms. The third kappa shape index (κ3) is 6.21. The predicted octanol–water partition coefficient (Wildman–Crippen LogP) is 7.18. The number of carboxylic acid groups (broad SMARTS) is 1. The summed E-state index contributed by atoms with van der Waals surface area (Å²) >= 11 is 0. The van der Waals surface area contributed by atoms with Gasteiger partial charge in [-0.2, -0.15) is 0 Å². The van der Waals surface area contributed by atoms with Gasteiger partial charge in [0.25, 0.3) is 0 Å². The zero-order valence-corrected chi connectivity index (χ0v) is 25.3. The monoisotopic (exact) mass is 609 g/mol. The molecule has 1 aliphatic heterocycles. The van der Waals surface area contributed by atoms with Crippen molar-refractivity contribution in [3.8, 4) is 11.1 Å². The smallest absolute Gasteiger partial charge is 0.410 e. The number of hydrogen-bond acceptors (Lipinski definition) is 4. The Kier molecular flexibility index (Phi) is 8.69. The van der Waals surface area contributed by atoms with Crippen molar-refractivity contribution >= 4 is 19.4 Å². The van der Waals surface area contributed by atoms with Crippen LogP contribution >= 0.6 is 7.37 Å². The molecule has 0 radical (unpaired) electrons.